The molecule has 148 valence electrons. The Balaban J connectivity index is 1.96. The van der Waals surface area contributed by atoms with Gasteiger partial charge in [-0.05, 0) is 76.8 Å². The number of benzene rings is 5. The number of fused-ring (bicyclic) bond motifs is 5. The Morgan fingerprint density at radius 1 is 0.581 bits per heavy atom. The van der Waals surface area contributed by atoms with E-state index in [2.05, 4.69) is 88.4 Å². The fraction of sp³-hybridized carbons (Fsp3) is 0. The highest BCUT2D eigenvalue weighted by atomic mass is 16.3. The Kier molecular flexibility index (Phi) is 3.93. The van der Waals surface area contributed by atoms with Gasteiger partial charge in [-0.1, -0.05) is 48.5 Å². The molecule has 1 heterocycles. The van der Waals surface area contributed by atoms with E-state index in [1.54, 1.807) is 0 Å². The normalized spacial score (nSPS) is 11.4. The van der Waals surface area contributed by atoms with Crippen LogP contribution in [0.25, 0.3) is 49.3 Å². The van der Waals surface area contributed by atoms with Crippen LogP contribution in [0.3, 0.4) is 0 Å². The minimum atomic E-state index is 0.264. The number of phenols is 1. The number of aromatic amines is 1. The molecule has 6 rings (SSSR count). The number of nitrogens with one attached hydrogen (secondary N) is 1. The van der Waals surface area contributed by atoms with Gasteiger partial charge >= 0.3 is 0 Å². The molecule has 0 saturated heterocycles. The third-order valence-corrected chi connectivity index (χ3v) is 5.80. The number of aromatic hydroxyl groups is 1. The maximum absolute atomic E-state index is 10.4. The van der Waals surface area contributed by atoms with Gasteiger partial charge in [-0.25, -0.2) is 0 Å². The molecule has 0 amide bonds. The second kappa shape index (κ2) is 6.92. The van der Waals surface area contributed by atoms with Gasteiger partial charge in [0.25, 0.3) is 0 Å². The minimum absolute atomic E-state index is 0.264. The lowest BCUT2D eigenvalue weighted by Gasteiger charge is -2.12. The third-order valence-electron chi connectivity index (χ3n) is 5.80. The van der Waals surface area contributed by atoms with Crippen LogP contribution in [0.1, 0.15) is 0 Å². The fourth-order valence-electron chi connectivity index (χ4n) is 4.42. The summed E-state index contributed by atoms with van der Waals surface area (Å²) in [5.74, 6) is 0.264. The summed E-state index contributed by atoms with van der Waals surface area (Å²) in [7, 11) is 0. The van der Waals surface area contributed by atoms with E-state index < -0.39 is 0 Å². The first-order chi connectivity index (χ1) is 15.3. The molecule has 3 heteroatoms. The van der Waals surface area contributed by atoms with Crippen molar-refractivity contribution in [2.75, 3.05) is 0 Å². The highest BCUT2D eigenvalue weighted by Crippen LogP contribution is 2.32. The number of hydrogen-bond acceptors (Lipinski definition) is 1. The van der Waals surface area contributed by atoms with Gasteiger partial charge in [-0.15, -0.1) is 0 Å². The van der Waals surface area contributed by atoms with Gasteiger partial charge in [0, 0.05) is 33.1 Å². The largest absolute Gasteiger partial charge is 0.508 e. The Labute approximate surface area is 179 Å². The average molecular weight is 400 g/mol. The topological polar surface area (TPSA) is 40.9 Å². The number of para-hydroxylation sites is 2. The van der Waals surface area contributed by atoms with Crippen molar-refractivity contribution in [2.45, 2.75) is 0 Å². The highest BCUT2D eigenvalue weighted by Gasteiger charge is 2.07. The van der Waals surface area contributed by atoms with Crippen LogP contribution in [-0.2, 0) is 0 Å². The van der Waals surface area contributed by atoms with Crippen molar-refractivity contribution in [3.8, 4) is 11.4 Å². The summed E-state index contributed by atoms with van der Waals surface area (Å²) in [6.45, 7) is 0. The fourth-order valence-corrected chi connectivity index (χ4v) is 4.42. The SMILES string of the molecule is Oc1cc2ccc3cc2c(c1)c1ccccc1[nH]c1cccc(c1)n3-c1ccccc1. The summed E-state index contributed by atoms with van der Waals surface area (Å²) < 4.78 is 2.26. The van der Waals surface area contributed by atoms with Gasteiger partial charge in [-0.2, -0.15) is 0 Å². The molecule has 0 saturated carbocycles. The van der Waals surface area contributed by atoms with E-state index in [9.17, 15) is 5.11 Å². The molecule has 1 aromatic heterocycles. The summed E-state index contributed by atoms with van der Waals surface area (Å²) >= 11 is 0. The molecule has 4 bridgehead atoms. The smallest absolute Gasteiger partial charge is 0.116 e. The Morgan fingerprint density at radius 3 is 2.29 bits per heavy atom. The lowest BCUT2D eigenvalue weighted by molar-refractivity contribution is 0.477. The van der Waals surface area contributed by atoms with E-state index in [1.807, 2.05) is 30.3 Å². The second-order valence-corrected chi connectivity index (χ2v) is 7.79. The van der Waals surface area contributed by atoms with E-state index in [0.29, 0.717) is 0 Å². The van der Waals surface area contributed by atoms with Crippen LogP contribution in [-0.4, -0.2) is 14.7 Å². The minimum Gasteiger partial charge on any atom is -0.508 e. The first-order valence-electron chi connectivity index (χ1n) is 10.3. The van der Waals surface area contributed by atoms with Crippen LogP contribution in [0.5, 0.6) is 5.75 Å². The lowest BCUT2D eigenvalue weighted by atomic mass is 10.0. The number of nitrogens with zero attached hydrogens (tertiary/aromatic N) is 1. The second-order valence-electron chi connectivity index (χ2n) is 7.79. The molecule has 5 aromatic carbocycles. The molecule has 0 aliphatic carbocycles. The van der Waals surface area contributed by atoms with Crippen molar-refractivity contribution in [3.05, 3.63) is 109 Å². The Hall–Kier alpha value is -4.24. The lowest BCUT2D eigenvalue weighted by Crippen LogP contribution is -1.96. The van der Waals surface area contributed by atoms with Gasteiger partial charge in [0.2, 0.25) is 0 Å². The summed E-state index contributed by atoms with van der Waals surface area (Å²) in [4.78, 5) is 3.60. The molecule has 0 unspecified atom stereocenters. The molecule has 0 spiro atoms. The Morgan fingerprint density at radius 2 is 1.39 bits per heavy atom. The van der Waals surface area contributed by atoms with Crippen molar-refractivity contribution in [1.82, 2.24) is 9.55 Å². The van der Waals surface area contributed by atoms with E-state index in [1.165, 1.54) is 0 Å². The number of rotatable bonds is 1. The van der Waals surface area contributed by atoms with Gasteiger partial charge in [-0.3, -0.25) is 0 Å². The highest BCUT2D eigenvalue weighted by molar-refractivity contribution is 6.12. The maximum Gasteiger partial charge on any atom is 0.116 e. The maximum atomic E-state index is 10.4. The molecule has 0 aliphatic rings. The van der Waals surface area contributed by atoms with E-state index in [0.717, 1.165) is 49.3 Å². The summed E-state index contributed by atoms with van der Waals surface area (Å²) in [6, 6.07) is 37.2. The average Bonchev–Trinajstić information content (AvgIpc) is 2.81. The van der Waals surface area contributed by atoms with Gasteiger partial charge < -0.3 is 14.7 Å². The van der Waals surface area contributed by atoms with E-state index in [4.69, 9.17) is 0 Å². The van der Waals surface area contributed by atoms with Crippen molar-refractivity contribution in [1.29, 1.82) is 0 Å². The molecule has 0 aliphatic heterocycles. The molecule has 31 heavy (non-hydrogen) atoms. The molecule has 2 N–H and O–H groups in total. The zero-order valence-electron chi connectivity index (χ0n) is 16.8. The van der Waals surface area contributed by atoms with Crippen molar-refractivity contribution >= 4 is 43.6 Å². The van der Waals surface area contributed by atoms with Crippen LogP contribution in [0.4, 0.5) is 0 Å². The molecule has 3 nitrogen and oxygen atoms in total. The van der Waals surface area contributed by atoms with Gasteiger partial charge in [0.15, 0.2) is 0 Å². The standard InChI is InChI=1S/C28H20N2O/c31-24-15-19-13-14-23-17-26(19)27(18-24)25-11-4-5-12-28(25)29-20-7-6-10-22(16-20)30(23)21-8-2-1-3-9-21/h1-18,29,31H. The van der Waals surface area contributed by atoms with Crippen LogP contribution in [0.2, 0.25) is 0 Å². The van der Waals surface area contributed by atoms with Crippen LogP contribution in [0, 0.1) is 0 Å². The zero-order chi connectivity index (χ0) is 20.8. The van der Waals surface area contributed by atoms with Gasteiger partial charge in [0.05, 0.1) is 0 Å². The molecular formula is C28H20N2O. The monoisotopic (exact) mass is 400 g/mol. The molecule has 6 aromatic rings. The molecule has 0 atom stereocenters. The van der Waals surface area contributed by atoms with Crippen molar-refractivity contribution < 1.29 is 5.11 Å². The van der Waals surface area contributed by atoms with Crippen molar-refractivity contribution in [2.24, 2.45) is 0 Å². The molecular weight excluding hydrogens is 380 g/mol. The van der Waals surface area contributed by atoms with Crippen LogP contribution < -0.4 is 0 Å². The Bertz CT molecular complexity index is 1640. The van der Waals surface area contributed by atoms with Gasteiger partial charge in [0.1, 0.15) is 5.75 Å². The number of phenolic OH excluding ortho intramolecular Hbond substituents is 1. The summed E-state index contributed by atoms with van der Waals surface area (Å²) in [5.41, 5.74) is 5.26. The third kappa shape index (κ3) is 2.99. The summed E-state index contributed by atoms with van der Waals surface area (Å²) in [5, 5.41) is 14.6. The van der Waals surface area contributed by atoms with Crippen LogP contribution in [0.15, 0.2) is 109 Å². The van der Waals surface area contributed by atoms with E-state index in [-0.39, 0.29) is 5.75 Å². The van der Waals surface area contributed by atoms with Crippen molar-refractivity contribution in [3.63, 3.8) is 0 Å². The predicted molar refractivity (Wildman–Crippen MR) is 129 cm³/mol. The molecule has 0 radical (unpaired) electrons. The first-order valence-corrected chi connectivity index (χ1v) is 10.3. The number of H-pyrrole nitrogens is 1. The molecule has 0 fully saturated rings. The number of aromatic nitrogens is 2. The quantitative estimate of drug-likeness (QED) is 0.300. The van der Waals surface area contributed by atoms with E-state index >= 15 is 0 Å². The zero-order valence-corrected chi connectivity index (χ0v) is 16.8. The first kappa shape index (κ1) is 17.6. The number of hydrogen-bond donors (Lipinski definition) is 2. The van der Waals surface area contributed by atoms with Crippen LogP contribution >= 0.6 is 0 Å². The summed E-state index contributed by atoms with van der Waals surface area (Å²) in [6.07, 6.45) is 0. The predicted octanol–water partition coefficient (Wildman–Crippen LogP) is 7.25.